The maximum atomic E-state index is 8.11. The van der Waals surface area contributed by atoms with Crippen molar-refractivity contribution < 1.29 is 5.21 Å². The number of hydrogen-bond acceptors (Lipinski definition) is 4. The minimum Gasteiger partial charge on any atom is -0.396 e. The number of nitrogens with zero attached hydrogens (tertiary/aromatic N) is 2. The van der Waals surface area contributed by atoms with E-state index in [4.69, 9.17) is 62.3 Å². The fraction of sp³-hybridized carbons (Fsp3) is 0. The van der Waals surface area contributed by atoms with Crippen molar-refractivity contribution in [3.63, 3.8) is 0 Å². The van der Waals surface area contributed by atoms with E-state index < -0.39 is 0 Å². The first kappa shape index (κ1) is 13.5. The van der Waals surface area contributed by atoms with Crippen molar-refractivity contribution in [3.05, 3.63) is 25.3 Å². The first-order chi connectivity index (χ1) is 6.45. The molecule has 0 saturated carbocycles. The number of nitrogens with two attached hydrogens (primary N) is 1. The van der Waals surface area contributed by atoms with Gasteiger partial charge >= 0.3 is 0 Å². The van der Waals surface area contributed by atoms with Gasteiger partial charge in [0.1, 0.15) is 10.0 Å². The zero-order chi connectivity index (χ0) is 11.3. The van der Waals surface area contributed by atoms with Crippen molar-refractivity contribution in [2.24, 2.45) is 5.34 Å². The molecule has 78 valence electrons. The predicted molar refractivity (Wildman–Crippen MR) is 56.3 cm³/mol. The molecule has 0 saturated heterocycles. The Labute approximate surface area is 98.7 Å². The monoisotopic (exact) mass is 277 g/mol. The Morgan fingerprint density at radius 2 is 1.43 bits per heavy atom. The van der Waals surface area contributed by atoms with Gasteiger partial charge in [0.2, 0.25) is 0 Å². The smallest absolute Gasteiger partial charge is 0.152 e. The molecule has 5 nitrogen and oxygen atoms in total. The quantitative estimate of drug-likeness (QED) is 0.432. The van der Waals surface area contributed by atoms with E-state index in [1.807, 2.05) is 0 Å². The Balaban J connectivity index is 0.000000500. The van der Waals surface area contributed by atoms with Gasteiger partial charge in [-0.25, -0.2) is 4.98 Å². The van der Waals surface area contributed by atoms with Crippen molar-refractivity contribution in [3.8, 4) is 0 Å². The molecular formula is C5H3Cl4N3O2. The number of pyridine rings is 1. The van der Waals surface area contributed by atoms with Gasteiger partial charge in [-0.15, -0.1) is 4.91 Å². The summed E-state index contributed by atoms with van der Waals surface area (Å²) in [6.45, 7) is 0. The number of aromatic nitrogens is 1. The third-order valence-corrected chi connectivity index (χ3v) is 2.54. The SMILES string of the molecule is Nc1c(Cl)c(Cl)nc(Cl)c1Cl.O=NO. The van der Waals surface area contributed by atoms with E-state index in [0.717, 1.165) is 0 Å². The Kier molecular flexibility index (Phi) is 5.87. The molecule has 1 aromatic heterocycles. The van der Waals surface area contributed by atoms with Gasteiger partial charge in [0, 0.05) is 0 Å². The zero-order valence-corrected chi connectivity index (χ0v) is 9.36. The van der Waals surface area contributed by atoms with Crippen LogP contribution in [-0.4, -0.2) is 10.2 Å². The Hall–Kier alpha value is -0.490. The lowest BCUT2D eigenvalue weighted by molar-refractivity contribution is 0.312. The molecule has 0 unspecified atom stereocenters. The molecule has 0 atom stereocenters. The lowest BCUT2D eigenvalue weighted by Gasteiger charge is -2.02. The minimum atomic E-state index is 0.0542. The summed E-state index contributed by atoms with van der Waals surface area (Å²) in [5.74, 6) is 0. The van der Waals surface area contributed by atoms with Gasteiger partial charge in [0.15, 0.2) is 15.6 Å². The first-order valence-corrected chi connectivity index (χ1v) is 4.39. The van der Waals surface area contributed by atoms with Gasteiger partial charge in [0.25, 0.3) is 0 Å². The molecule has 0 spiro atoms. The van der Waals surface area contributed by atoms with Crippen LogP contribution >= 0.6 is 46.4 Å². The van der Waals surface area contributed by atoms with Crippen molar-refractivity contribution >= 4 is 52.1 Å². The molecule has 3 N–H and O–H groups in total. The second-order valence-corrected chi connectivity index (χ2v) is 3.29. The molecule has 1 aromatic rings. The van der Waals surface area contributed by atoms with E-state index in [2.05, 4.69) is 4.98 Å². The largest absolute Gasteiger partial charge is 0.396 e. The summed E-state index contributed by atoms with van der Waals surface area (Å²) in [4.78, 5) is 11.7. The van der Waals surface area contributed by atoms with Crippen LogP contribution in [0.4, 0.5) is 5.69 Å². The number of rotatable bonds is 0. The van der Waals surface area contributed by atoms with E-state index >= 15 is 0 Å². The van der Waals surface area contributed by atoms with E-state index in [0.29, 0.717) is 0 Å². The third-order valence-electron chi connectivity index (χ3n) is 1.03. The van der Waals surface area contributed by atoms with Crippen molar-refractivity contribution in [2.75, 3.05) is 5.73 Å². The van der Waals surface area contributed by atoms with Crippen molar-refractivity contribution in [1.29, 1.82) is 0 Å². The molecule has 0 bridgehead atoms. The molecule has 9 heteroatoms. The average molecular weight is 279 g/mol. The van der Waals surface area contributed by atoms with Crippen LogP contribution in [0, 0.1) is 4.91 Å². The van der Waals surface area contributed by atoms with E-state index in [9.17, 15) is 0 Å². The number of nitrogen functional groups attached to an aromatic ring is 1. The van der Waals surface area contributed by atoms with Crippen LogP contribution in [0.3, 0.4) is 0 Å². The molecule has 0 aromatic carbocycles. The van der Waals surface area contributed by atoms with Gasteiger partial charge in [-0.05, 0) is 0 Å². The van der Waals surface area contributed by atoms with E-state index in [1.54, 1.807) is 0 Å². The summed E-state index contributed by atoms with van der Waals surface area (Å²) < 4.78 is 0. The standard InChI is InChI=1S/C5H2Cl4N2.HNO2/c6-1-3(10)2(7)5(9)11-4(1)8;2-1-3/h(H2,10,11);(H,2,3). The number of hydrogen-bond donors (Lipinski definition) is 2. The van der Waals surface area contributed by atoms with E-state index in [1.165, 1.54) is 5.34 Å². The highest BCUT2D eigenvalue weighted by Crippen LogP contribution is 2.36. The normalized spacial score (nSPS) is 8.86. The summed E-state index contributed by atoms with van der Waals surface area (Å²) in [7, 11) is 0. The van der Waals surface area contributed by atoms with Crippen LogP contribution in [0.1, 0.15) is 0 Å². The number of anilines is 1. The second kappa shape index (κ2) is 6.08. The Morgan fingerprint density at radius 3 is 1.71 bits per heavy atom. The van der Waals surface area contributed by atoms with Gasteiger partial charge < -0.3 is 10.9 Å². The van der Waals surface area contributed by atoms with Crippen LogP contribution in [0.5, 0.6) is 0 Å². The molecule has 0 amide bonds. The molecule has 0 aliphatic rings. The van der Waals surface area contributed by atoms with Crippen LogP contribution in [0.2, 0.25) is 20.4 Å². The maximum absolute atomic E-state index is 8.11. The highest BCUT2D eigenvalue weighted by molar-refractivity contribution is 6.48. The molecule has 0 fully saturated rings. The third kappa shape index (κ3) is 3.34. The van der Waals surface area contributed by atoms with Crippen molar-refractivity contribution in [2.45, 2.75) is 0 Å². The lowest BCUT2D eigenvalue weighted by atomic mass is 10.4. The molecule has 0 radical (unpaired) electrons. The van der Waals surface area contributed by atoms with Gasteiger partial charge in [-0.2, -0.15) is 0 Å². The van der Waals surface area contributed by atoms with Crippen LogP contribution in [0.25, 0.3) is 0 Å². The molecular weight excluding hydrogens is 276 g/mol. The summed E-state index contributed by atoms with van der Waals surface area (Å²) >= 11 is 22.2. The Bertz CT molecular complexity index is 320. The molecule has 0 aliphatic heterocycles. The highest BCUT2D eigenvalue weighted by Gasteiger charge is 2.11. The summed E-state index contributed by atoms with van der Waals surface area (Å²) in [6.07, 6.45) is 0. The fourth-order valence-electron chi connectivity index (χ4n) is 0.503. The van der Waals surface area contributed by atoms with Gasteiger partial charge in [-0.1, -0.05) is 46.4 Å². The van der Waals surface area contributed by atoms with Crippen molar-refractivity contribution in [1.82, 2.24) is 4.98 Å². The highest BCUT2D eigenvalue weighted by atomic mass is 35.5. The van der Waals surface area contributed by atoms with Crippen LogP contribution in [-0.2, 0) is 0 Å². The fourth-order valence-corrected chi connectivity index (χ4v) is 1.24. The van der Waals surface area contributed by atoms with Gasteiger partial charge in [-0.3, -0.25) is 0 Å². The lowest BCUT2D eigenvalue weighted by Crippen LogP contribution is -1.91. The molecule has 0 aliphatic carbocycles. The molecule has 14 heavy (non-hydrogen) atoms. The van der Waals surface area contributed by atoms with Gasteiger partial charge in [0.05, 0.1) is 5.69 Å². The second-order valence-electron chi connectivity index (χ2n) is 1.82. The Morgan fingerprint density at radius 1 is 1.14 bits per heavy atom. The summed E-state index contributed by atoms with van der Waals surface area (Å²) in [5, 5.41) is 8.25. The zero-order valence-electron chi connectivity index (χ0n) is 6.34. The minimum absolute atomic E-state index is 0.0542. The van der Waals surface area contributed by atoms with E-state index in [-0.39, 0.29) is 26.0 Å². The topological polar surface area (TPSA) is 88.6 Å². The first-order valence-electron chi connectivity index (χ1n) is 2.87. The summed E-state index contributed by atoms with van der Waals surface area (Å²) in [5.41, 5.74) is 5.56. The summed E-state index contributed by atoms with van der Waals surface area (Å²) in [6, 6.07) is 0. The van der Waals surface area contributed by atoms with Crippen LogP contribution in [0.15, 0.2) is 5.34 Å². The predicted octanol–water partition coefficient (Wildman–Crippen LogP) is 3.42. The maximum Gasteiger partial charge on any atom is 0.152 e. The number of halogens is 4. The molecule has 1 rings (SSSR count). The van der Waals surface area contributed by atoms with Crippen LogP contribution < -0.4 is 5.73 Å². The average Bonchev–Trinajstić information content (AvgIpc) is 2.13. The molecule has 1 heterocycles.